The lowest BCUT2D eigenvalue weighted by Crippen LogP contribution is -2.28. The van der Waals surface area contributed by atoms with Crippen molar-refractivity contribution in [1.82, 2.24) is 4.57 Å². The van der Waals surface area contributed by atoms with Crippen LogP contribution in [0, 0.1) is 0 Å². The lowest BCUT2D eigenvalue weighted by molar-refractivity contribution is 0.768. The average molecular weight is 893 g/mol. The Labute approximate surface area is 409 Å². The molecule has 1 heterocycles. The predicted molar refractivity (Wildman–Crippen MR) is 293 cm³/mol. The summed E-state index contributed by atoms with van der Waals surface area (Å²) in [6.45, 7) is 0.693. The van der Waals surface area contributed by atoms with Crippen LogP contribution in [-0.4, -0.2) is 4.57 Å². The van der Waals surface area contributed by atoms with E-state index in [2.05, 4.69) is 289 Å². The molecule has 0 radical (unpaired) electrons. The summed E-state index contributed by atoms with van der Waals surface area (Å²) >= 11 is 0. The fourth-order valence-corrected chi connectivity index (χ4v) is 11.4. The van der Waals surface area contributed by atoms with Crippen molar-refractivity contribution in [2.75, 3.05) is 4.90 Å². The van der Waals surface area contributed by atoms with E-state index in [-0.39, 0.29) is 0 Å². The molecule has 0 unspecified atom stereocenters. The lowest BCUT2D eigenvalue weighted by atomic mass is 9.68. The van der Waals surface area contributed by atoms with Gasteiger partial charge in [-0.15, -0.1) is 0 Å². The van der Waals surface area contributed by atoms with Crippen molar-refractivity contribution >= 4 is 33.2 Å². The summed E-state index contributed by atoms with van der Waals surface area (Å²) in [5.74, 6) is 0. The summed E-state index contributed by atoms with van der Waals surface area (Å²) < 4.78 is 2.48. The molecule has 2 nitrogen and oxygen atoms in total. The van der Waals surface area contributed by atoms with Crippen LogP contribution in [0.2, 0.25) is 0 Å². The van der Waals surface area contributed by atoms with Gasteiger partial charge in [-0.3, -0.25) is 0 Å². The van der Waals surface area contributed by atoms with Gasteiger partial charge in [0, 0.05) is 34.4 Å². The van der Waals surface area contributed by atoms with E-state index in [0.717, 1.165) is 17.1 Å². The second kappa shape index (κ2) is 17.3. The molecule has 11 aromatic carbocycles. The Morgan fingerprint density at radius 3 is 1.57 bits per heavy atom. The van der Waals surface area contributed by atoms with Gasteiger partial charge in [0.05, 0.1) is 16.4 Å². The van der Waals surface area contributed by atoms with Gasteiger partial charge in [-0.2, -0.15) is 0 Å². The quantitative estimate of drug-likeness (QED) is 0.133. The largest absolute Gasteiger partial charge is 0.337 e. The fraction of sp³-hybridized carbons (Fsp3) is 0.0294. The molecule has 1 aliphatic carbocycles. The van der Waals surface area contributed by atoms with Gasteiger partial charge < -0.3 is 9.47 Å². The maximum Gasteiger partial charge on any atom is 0.0713 e. The molecular weight excluding hydrogens is 845 g/mol. The third-order valence-electron chi connectivity index (χ3n) is 14.6. The second-order valence-electron chi connectivity index (χ2n) is 18.4. The zero-order valence-electron chi connectivity index (χ0n) is 38.7. The minimum atomic E-state index is -0.450. The minimum absolute atomic E-state index is 0.450. The van der Waals surface area contributed by atoms with E-state index in [4.69, 9.17) is 0 Å². The number of rotatable bonds is 10. The first-order valence-corrected chi connectivity index (χ1v) is 24.3. The first-order chi connectivity index (χ1) is 34.7. The third kappa shape index (κ3) is 6.87. The van der Waals surface area contributed by atoms with E-state index in [1.807, 2.05) is 0 Å². The molecule has 0 saturated carbocycles. The van der Waals surface area contributed by atoms with Crippen molar-refractivity contribution in [3.8, 4) is 50.2 Å². The maximum absolute atomic E-state index is 2.48. The summed E-state index contributed by atoms with van der Waals surface area (Å²) in [7, 11) is 0. The summed E-state index contributed by atoms with van der Waals surface area (Å²) in [6, 6.07) is 102. The van der Waals surface area contributed by atoms with Gasteiger partial charge in [0.25, 0.3) is 0 Å². The minimum Gasteiger partial charge on any atom is -0.337 e. The van der Waals surface area contributed by atoms with Crippen molar-refractivity contribution in [3.63, 3.8) is 0 Å². The van der Waals surface area contributed by atoms with Crippen molar-refractivity contribution in [1.29, 1.82) is 0 Å². The van der Waals surface area contributed by atoms with E-state index in [1.54, 1.807) is 0 Å². The Balaban J connectivity index is 0.912. The van der Waals surface area contributed by atoms with Gasteiger partial charge >= 0.3 is 0 Å². The highest BCUT2D eigenvalue weighted by Gasteiger charge is 2.46. The van der Waals surface area contributed by atoms with Crippen LogP contribution >= 0.6 is 0 Å². The second-order valence-corrected chi connectivity index (χ2v) is 18.4. The lowest BCUT2D eigenvalue weighted by Gasteiger charge is -2.33. The summed E-state index contributed by atoms with van der Waals surface area (Å²) in [5.41, 5.74) is 21.6. The molecule has 0 N–H and O–H groups in total. The summed E-state index contributed by atoms with van der Waals surface area (Å²) in [4.78, 5) is 2.44. The van der Waals surface area contributed by atoms with E-state index < -0.39 is 5.41 Å². The van der Waals surface area contributed by atoms with Gasteiger partial charge in [0.1, 0.15) is 0 Å². The number of fused-ring (bicyclic) bond motifs is 6. The third-order valence-corrected chi connectivity index (χ3v) is 14.6. The Morgan fingerprint density at radius 2 is 0.843 bits per heavy atom. The molecule has 0 aliphatic heterocycles. The van der Waals surface area contributed by atoms with Gasteiger partial charge in [-0.05, 0) is 127 Å². The van der Waals surface area contributed by atoms with Crippen LogP contribution in [0.4, 0.5) is 11.4 Å². The van der Waals surface area contributed by atoms with E-state index in [9.17, 15) is 0 Å². The molecule has 1 aromatic heterocycles. The van der Waals surface area contributed by atoms with Crippen LogP contribution in [0.1, 0.15) is 27.8 Å². The SMILES string of the molecule is c1ccc(-c2cccc(-c3ccc(N(Cc4ccccc4-c4ccc5c6ccccc6n(-c6ccc7c(c6)-c6ccccc6C7(c6ccccc6)c6ccccc6)c5c4)c4ccccc4)cc3)c2)cc1. The van der Waals surface area contributed by atoms with Gasteiger partial charge in [-0.25, -0.2) is 0 Å². The maximum atomic E-state index is 2.48. The summed E-state index contributed by atoms with van der Waals surface area (Å²) in [6.07, 6.45) is 0. The van der Waals surface area contributed by atoms with Crippen LogP contribution < -0.4 is 4.90 Å². The molecule has 70 heavy (non-hydrogen) atoms. The molecule has 330 valence electrons. The van der Waals surface area contributed by atoms with Crippen LogP contribution in [0.15, 0.2) is 279 Å². The van der Waals surface area contributed by atoms with Crippen molar-refractivity contribution in [2.24, 2.45) is 0 Å². The molecule has 0 spiro atoms. The Bertz CT molecular complexity index is 3800. The van der Waals surface area contributed by atoms with Gasteiger partial charge in [0.15, 0.2) is 0 Å². The number of hydrogen-bond acceptors (Lipinski definition) is 1. The average Bonchev–Trinajstić information content (AvgIpc) is 3.93. The topological polar surface area (TPSA) is 8.17 Å². The zero-order chi connectivity index (χ0) is 46.4. The Kier molecular flexibility index (Phi) is 10.2. The van der Waals surface area contributed by atoms with E-state index in [1.165, 1.54) is 94.1 Å². The number of nitrogens with zero attached hydrogens (tertiary/aromatic N) is 2. The molecule has 0 saturated heterocycles. The Hall–Kier alpha value is -8.98. The number of para-hydroxylation sites is 2. The zero-order valence-corrected chi connectivity index (χ0v) is 38.7. The number of benzene rings is 11. The van der Waals surface area contributed by atoms with Gasteiger partial charge in [-0.1, -0.05) is 224 Å². The molecular formula is C68H48N2. The first kappa shape index (κ1) is 41.2. The molecule has 12 aromatic rings. The molecule has 2 heteroatoms. The van der Waals surface area contributed by atoms with Crippen molar-refractivity contribution in [3.05, 3.63) is 307 Å². The highest BCUT2D eigenvalue weighted by atomic mass is 15.1. The van der Waals surface area contributed by atoms with Crippen LogP contribution in [0.3, 0.4) is 0 Å². The monoisotopic (exact) mass is 892 g/mol. The number of hydrogen-bond donors (Lipinski definition) is 0. The van der Waals surface area contributed by atoms with Gasteiger partial charge in [0.2, 0.25) is 0 Å². The van der Waals surface area contributed by atoms with Crippen molar-refractivity contribution in [2.45, 2.75) is 12.0 Å². The molecule has 0 bridgehead atoms. The van der Waals surface area contributed by atoms with Crippen LogP contribution in [0.25, 0.3) is 72.0 Å². The molecule has 0 fully saturated rings. The summed E-state index contributed by atoms with van der Waals surface area (Å²) in [5, 5.41) is 2.48. The van der Waals surface area contributed by atoms with E-state index >= 15 is 0 Å². The predicted octanol–water partition coefficient (Wildman–Crippen LogP) is 17.5. The van der Waals surface area contributed by atoms with Crippen LogP contribution in [-0.2, 0) is 12.0 Å². The number of aromatic nitrogens is 1. The normalized spacial score (nSPS) is 12.5. The highest BCUT2D eigenvalue weighted by Crippen LogP contribution is 2.56. The number of anilines is 2. The highest BCUT2D eigenvalue weighted by molar-refractivity contribution is 6.10. The Morgan fingerprint density at radius 1 is 0.314 bits per heavy atom. The molecule has 0 atom stereocenters. The van der Waals surface area contributed by atoms with Crippen LogP contribution in [0.5, 0.6) is 0 Å². The molecule has 0 amide bonds. The standard InChI is InChI=1S/C68H48N2/c1-5-20-48(21-6-1)50-23-19-24-51(44-50)49-36-39-57(40-37-49)69(56-29-11-4-12-30-56)47-53-22-13-14-31-59(53)52-38-42-62-61-33-16-18-35-66(61)70(67(62)45-52)58-41-43-65-63(46-58)60-32-15-17-34-64(60)68(65,54-25-7-2-8-26-54)55-27-9-3-10-28-55/h1-46H,47H2. The van der Waals surface area contributed by atoms with E-state index in [0.29, 0.717) is 6.54 Å². The van der Waals surface area contributed by atoms with Crippen molar-refractivity contribution < 1.29 is 0 Å². The fourth-order valence-electron chi connectivity index (χ4n) is 11.4. The first-order valence-electron chi connectivity index (χ1n) is 24.3. The smallest absolute Gasteiger partial charge is 0.0713 e. The molecule has 1 aliphatic rings. The molecule has 13 rings (SSSR count).